The van der Waals surface area contributed by atoms with Crippen LogP contribution in [0.3, 0.4) is 0 Å². The van der Waals surface area contributed by atoms with E-state index in [4.69, 9.17) is 28.9 Å². The normalized spacial score (nSPS) is 25.5. The average Bonchev–Trinajstić information content (AvgIpc) is 2.48. The number of benzene rings is 1. The Morgan fingerprint density at radius 3 is 2.25 bits per heavy atom. The second-order valence-electron chi connectivity index (χ2n) is 6.67. The molecule has 2 N–H and O–H groups in total. The van der Waals surface area contributed by atoms with Gasteiger partial charge in [0, 0.05) is 21.6 Å². The molecule has 0 aromatic heterocycles. The van der Waals surface area contributed by atoms with Crippen molar-refractivity contribution < 1.29 is 0 Å². The molecule has 2 nitrogen and oxygen atoms in total. The molecule has 0 aliphatic carbocycles. The summed E-state index contributed by atoms with van der Waals surface area (Å²) in [6.45, 7) is 7.78. The van der Waals surface area contributed by atoms with Gasteiger partial charge in [0.25, 0.3) is 0 Å². The first kappa shape index (κ1) is 16.1. The quantitative estimate of drug-likeness (QED) is 0.817. The summed E-state index contributed by atoms with van der Waals surface area (Å²) in [4.78, 5) is 2.49. The predicted molar refractivity (Wildman–Crippen MR) is 87.5 cm³/mol. The van der Waals surface area contributed by atoms with E-state index in [1.807, 2.05) is 12.1 Å². The number of hydrogen-bond donors (Lipinski definition) is 1. The highest BCUT2D eigenvalue weighted by Crippen LogP contribution is 2.36. The second kappa shape index (κ2) is 6.23. The lowest BCUT2D eigenvalue weighted by Gasteiger charge is -2.43. The van der Waals surface area contributed by atoms with E-state index >= 15 is 0 Å². The lowest BCUT2D eigenvalue weighted by Crippen LogP contribution is -2.49. The minimum absolute atomic E-state index is 0.0709. The van der Waals surface area contributed by atoms with Gasteiger partial charge in [-0.15, -0.1) is 0 Å². The first-order valence-corrected chi connectivity index (χ1v) is 8.03. The molecule has 0 spiro atoms. The van der Waals surface area contributed by atoms with E-state index in [2.05, 4.69) is 25.7 Å². The van der Waals surface area contributed by atoms with Crippen molar-refractivity contribution in [2.24, 2.45) is 5.73 Å². The molecule has 1 aromatic rings. The van der Waals surface area contributed by atoms with Gasteiger partial charge >= 0.3 is 0 Å². The molecule has 2 unspecified atom stereocenters. The zero-order chi connectivity index (χ0) is 14.9. The van der Waals surface area contributed by atoms with Crippen molar-refractivity contribution in [2.75, 3.05) is 6.54 Å². The van der Waals surface area contributed by atoms with Crippen LogP contribution in [0.15, 0.2) is 18.2 Å². The van der Waals surface area contributed by atoms with Gasteiger partial charge in [0.1, 0.15) is 0 Å². The molecule has 1 aliphatic heterocycles. The maximum atomic E-state index is 6.47. The highest BCUT2D eigenvalue weighted by Gasteiger charge is 2.35. The number of nitrogens with two attached hydrogens (primary N) is 1. The van der Waals surface area contributed by atoms with E-state index in [9.17, 15) is 0 Å². The zero-order valence-electron chi connectivity index (χ0n) is 12.5. The minimum Gasteiger partial charge on any atom is -0.326 e. The van der Waals surface area contributed by atoms with Crippen LogP contribution in [-0.4, -0.2) is 23.0 Å². The Morgan fingerprint density at radius 2 is 1.70 bits per heavy atom. The Hall–Kier alpha value is -0.280. The molecule has 1 aliphatic rings. The van der Waals surface area contributed by atoms with Crippen molar-refractivity contribution >= 4 is 23.2 Å². The molecular weight excluding hydrogens is 291 g/mol. The zero-order valence-corrected chi connectivity index (χ0v) is 14.0. The molecule has 1 saturated heterocycles. The number of likely N-dealkylation sites (tertiary alicyclic amines) is 1. The molecule has 0 amide bonds. The van der Waals surface area contributed by atoms with Crippen LogP contribution < -0.4 is 5.73 Å². The van der Waals surface area contributed by atoms with E-state index in [0.29, 0.717) is 10.0 Å². The summed E-state index contributed by atoms with van der Waals surface area (Å²) in [5.74, 6) is 0. The molecule has 4 heteroatoms. The fraction of sp³-hybridized carbons (Fsp3) is 0.625. The van der Waals surface area contributed by atoms with Crippen LogP contribution in [0.1, 0.15) is 51.6 Å². The van der Waals surface area contributed by atoms with Crippen LogP contribution in [-0.2, 0) is 0 Å². The molecule has 0 saturated carbocycles. The number of hydrogen-bond acceptors (Lipinski definition) is 2. The smallest absolute Gasteiger partial charge is 0.0505 e. The Bertz CT molecular complexity index is 448. The standard InChI is InChI=1S/C16H24Cl2N2/c1-16(2,3)20-7-5-4-6-14(19)15(20)11-8-12(17)10-13(18)9-11/h8-10,14-15H,4-7,19H2,1-3H3. The summed E-state index contributed by atoms with van der Waals surface area (Å²) < 4.78 is 0. The molecule has 2 atom stereocenters. The fourth-order valence-electron chi connectivity index (χ4n) is 3.12. The van der Waals surface area contributed by atoms with E-state index < -0.39 is 0 Å². The van der Waals surface area contributed by atoms with Crippen molar-refractivity contribution in [1.82, 2.24) is 4.90 Å². The average molecular weight is 315 g/mol. The first-order chi connectivity index (χ1) is 9.29. The van der Waals surface area contributed by atoms with Crippen molar-refractivity contribution in [2.45, 2.75) is 57.7 Å². The van der Waals surface area contributed by atoms with Crippen LogP contribution in [0.25, 0.3) is 0 Å². The third kappa shape index (κ3) is 3.67. The number of rotatable bonds is 1. The van der Waals surface area contributed by atoms with Gasteiger partial charge < -0.3 is 5.73 Å². The van der Waals surface area contributed by atoms with Gasteiger partial charge in [0.2, 0.25) is 0 Å². The Kier molecular flexibility index (Phi) is 5.01. The summed E-state index contributed by atoms with van der Waals surface area (Å²) in [6.07, 6.45) is 3.41. The van der Waals surface area contributed by atoms with E-state index in [1.165, 1.54) is 12.8 Å². The Morgan fingerprint density at radius 1 is 1.10 bits per heavy atom. The van der Waals surface area contributed by atoms with Gasteiger partial charge in [-0.25, -0.2) is 0 Å². The third-order valence-electron chi connectivity index (χ3n) is 4.02. The van der Waals surface area contributed by atoms with Gasteiger partial charge in [0.15, 0.2) is 0 Å². The molecule has 0 radical (unpaired) electrons. The van der Waals surface area contributed by atoms with Crippen LogP contribution in [0.2, 0.25) is 10.0 Å². The maximum absolute atomic E-state index is 6.47. The van der Waals surface area contributed by atoms with E-state index in [-0.39, 0.29) is 17.6 Å². The Labute approximate surface area is 132 Å². The van der Waals surface area contributed by atoms with Gasteiger partial charge in [0.05, 0.1) is 6.04 Å². The topological polar surface area (TPSA) is 29.3 Å². The summed E-state index contributed by atoms with van der Waals surface area (Å²) in [5, 5.41) is 1.36. The van der Waals surface area contributed by atoms with Crippen molar-refractivity contribution in [3.8, 4) is 0 Å². The highest BCUT2D eigenvalue weighted by molar-refractivity contribution is 6.34. The highest BCUT2D eigenvalue weighted by atomic mass is 35.5. The second-order valence-corrected chi connectivity index (χ2v) is 7.54. The maximum Gasteiger partial charge on any atom is 0.0505 e. The number of nitrogens with zero attached hydrogens (tertiary/aromatic N) is 1. The van der Waals surface area contributed by atoms with Crippen molar-refractivity contribution in [3.05, 3.63) is 33.8 Å². The molecule has 1 heterocycles. The molecule has 1 aromatic carbocycles. The molecule has 2 rings (SSSR count). The summed E-state index contributed by atoms with van der Waals surface area (Å²) in [5.41, 5.74) is 7.67. The van der Waals surface area contributed by atoms with Gasteiger partial charge in [-0.2, -0.15) is 0 Å². The largest absolute Gasteiger partial charge is 0.326 e. The van der Waals surface area contributed by atoms with Gasteiger partial charge in [-0.1, -0.05) is 29.6 Å². The van der Waals surface area contributed by atoms with Crippen molar-refractivity contribution in [3.63, 3.8) is 0 Å². The lowest BCUT2D eigenvalue weighted by atomic mass is 9.92. The van der Waals surface area contributed by atoms with Crippen molar-refractivity contribution in [1.29, 1.82) is 0 Å². The predicted octanol–water partition coefficient (Wildman–Crippen LogP) is 4.65. The number of halogens is 2. The molecule has 112 valence electrons. The van der Waals surface area contributed by atoms with Crippen LogP contribution in [0, 0.1) is 0 Å². The van der Waals surface area contributed by atoms with Crippen LogP contribution in [0.4, 0.5) is 0 Å². The minimum atomic E-state index is 0.0709. The summed E-state index contributed by atoms with van der Waals surface area (Å²) >= 11 is 12.4. The molecule has 20 heavy (non-hydrogen) atoms. The van der Waals surface area contributed by atoms with Gasteiger partial charge in [-0.3, -0.25) is 4.90 Å². The molecular formula is C16H24Cl2N2. The SMILES string of the molecule is CC(C)(C)N1CCCCC(N)C1c1cc(Cl)cc(Cl)c1. The third-order valence-corrected chi connectivity index (χ3v) is 4.45. The van der Waals surface area contributed by atoms with E-state index in [0.717, 1.165) is 18.5 Å². The summed E-state index contributed by atoms with van der Waals surface area (Å²) in [7, 11) is 0. The van der Waals surface area contributed by atoms with Gasteiger partial charge in [-0.05, 0) is 63.9 Å². The monoisotopic (exact) mass is 314 g/mol. The fourth-order valence-corrected chi connectivity index (χ4v) is 3.66. The molecule has 0 bridgehead atoms. The van der Waals surface area contributed by atoms with E-state index in [1.54, 1.807) is 6.07 Å². The Balaban J connectivity index is 2.45. The van der Waals surface area contributed by atoms with Crippen LogP contribution >= 0.6 is 23.2 Å². The summed E-state index contributed by atoms with van der Waals surface area (Å²) in [6, 6.07) is 6.07. The van der Waals surface area contributed by atoms with Crippen LogP contribution in [0.5, 0.6) is 0 Å². The lowest BCUT2D eigenvalue weighted by molar-refractivity contribution is 0.0755. The molecule has 1 fully saturated rings. The first-order valence-electron chi connectivity index (χ1n) is 7.27.